The number of amides is 2. The molecule has 2 N–H and O–H groups in total. The number of halogens is 1. The van der Waals surface area contributed by atoms with Gasteiger partial charge in [0.1, 0.15) is 0 Å². The highest BCUT2D eigenvalue weighted by molar-refractivity contribution is 6.34. The summed E-state index contributed by atoms with van der Waals surface area (Å²) in [5, 5.41) is 10.5. The molecular formula is C23H23ClN4O2. The predicted molar refractivity (Wildman–Crippen MR) is 121 cm³/mol. The Labute approximate surface area is 180 Å². The molecule has 0 unspecified atom stereocenters. The fourth-order valence-corrected chi connectivity index (χ4v) is 3.16. The molecule has 0 aliphatic heterocycles. The first-order chi connectivity index (χ1) is 14.4. The summed E-state index contributed by atoms with van der Waals surface area (Å²) in [4.78, 5) is 24.0. The summed E-state index contributed by atoms with van der Waals surface area (Å²) >= 11 is 6.18. The van der Waals surface area contributed by atoms with Crippen molar-refractivity contribution in [1.29, 1.82) is 0 Å². The molecule has 1 heterocycles. The second kappa shape index (κ2) is 9.41. The molecule has 0 fully saturated rings. The van der Waals surface area contributed by atoms with Crippen molar-refractivity contribution >= 4 is 40.9 Å². The van der Waals surface area contributed by atoms with Crippen LogP contribution in [0.3, 0.4) is 0 Å². The van der Waals surface area contributed by atoms with Crippen molar-refractivity contribution in [3.05, 3.63) is 76.6 Å². The lowest BCUT2D eigenvalue weighted by Crippen LogP contribution is -2.11. The molecule has 3 rings (SSSR count). The van der Waals surface area contributed by atoms with Gasteiger partial charge in [0, 0.05) is 29.4 Å². The summed E-state index contributed by atoms with van der Waals surface area (Å²) in [6.45, 7) is 5.63. The summed E-state index contributed by atoms with van der Waals surface area (Å²) in [6.07, 6.45) is 3.55. The topological polar surface area (TPSA) is 76.0 Å². The van der Waals surface area contributed by atoms with Gasteiger partial charge in [0.25, 0.3) is 0 Å². The molecule has 2 amide bonds. The highest BCUT2D eigenvalue weighted by Gasteiger charge is 2.11. The van der Waals surface area contributed by atoms with Crippen LogP contribution in [0.1, 0.15) is 30.3 Å². The molecule has 0 aliphatic rings. The minimum absolute atomic E-state index is 0.115. The Morgan fingerprint density at radius 3 is 2.53 bits per heavy atom. The number of nitrogens with zero attached hydrogens (tertiary/aromatic N) is 2. The van der Waals surface area contributed by atoms with Crippen LogP contribution in [0.2, 0.25) is 5.02 Å². The zero-order chi connectivity index (χ0) is 21.7. The number of hydrogen-bond donors (Lipinski definition) is 2. The van der Waals surface area contributed by atoms with Gasteiger partial charge >= 0.3 is 0 Å². The molecule has 6 nitrogen and oxygen atoms in total. The van der Waals surface area contributed by atoms with Crippen molar-refractivity contribution in [3.63, 3.8) is 0 Å². The second-order valence-electron chi connectivity index (χ2n) is 6.75. The molecule has 0 aliphatic carbocycles. The lowest BCUT2D eigenvalue weighted by Gasteiger charge is -2.09. The van der Waals surface area contributed by atoms with Crippen LogP contribution >= 0.6 is 11.6 Å². The highest BCUT2D eigenvalue weighted by atomic mass is 35.5. The van der Waals surface area contributed by atoms with Gasteiger partial charge in [-0.25, -0.2) is 4.68 Å². The Kier molecular flexibility index (Phi) is 6.69. The van der Waals surface area contributed by atoms with Crippen LogP contribution in [-0.2, 0) is 9.59 Å². The third-order valence-electron chi connectivity index (χ3n) is 4.58. The maximum Gasteiger partial charge on any atom is 0.248 e. The first kappa shape index (κ1) is 21.3. The number of anilines is 2. The van der Waals surface area contributed by atoms with E-state index >= 15 is 0 Å². The fourth-order valence-electron chi connectivity index (χ4n) is 3.00. The fraction of sp³-hybridized carbons (Fsp3) is 0.174. The van der Waals surface area contributed by atoms with Crippen molar-refractivity contribution in [2.45, 2.75) is 27.2 Å². The SMILES string of the molecule is CCC(=O)Nc1ccc(Cl)c(NC(=O)/C=C/c2c(C)nn(-c3ccccc3)c2C)c1. The van der Waals surface area contributed by atoms with Crippen molar-refractivity contribution < 1.29 is 9.59 Å². The van der Waals surface area contributed by atoms with Gasteiger partial charge in [-0.3, -0.25) is 9.59 Å². The number of aromatic nitrogens is 2. The van der Waals surface area contributed by atoms with Crippen LogP contribution in [0, 0.1) is 13.8 Å². The third kappa shape index (κ3) is 4.96. The van der Waals surface area contributed by atoms with Crippen molar-refractivity contribution in [1.82, 2.24) is 9.78 Å². The summed E-state index contributed by atoms with van der Waals surface area (Å²) in [5.74, 6) is -0.446. The van der Waals surface area contributed by atoms with Gasteiger partial charge in [0.2, 0.25) is 11.8 Å². The first-order valence-corrected chi connectivity index (χ1v) is 9.97. The van der Waals surface area contributed by atoms with Gasteiger partial charge in [0.05, 0.1) is 22.1 Å². The maximum absolute atomic E-state index is 12.5. The minimum Gasteiger partial charge on any atom is -0.326 e. The Hall–Kier alpha value is -3.38. The van der Waals surface area contributed by atoms with Gasteiger partial charge in [-0.1, -0.05) is 36.7 Å². The van der Waals surface area contributed by atoms with Gasteiger partial charge in [-0.15, -0.1) is 0 Å². The molecule has 0 saturated carbocycles. The zero-order valence-corrected chi connectivity index (χ0v) is 17.8. The van der Waals surface area contributed by atoms with E-state index in [9.17, 15) is 9.59 Å². The van der Waals surface area contributed by atoms with Gasteiger partial charge < -0.3 is 10.6 Å². The molecule has 1 aromatic heterocycles. The van der Waals surface area contributed by atoms with Gasteiger partial charge in [-0.2, -0.15) is 5.10 Å². The number of benzene rings is 2. The number of carbonyl (C=O) groups excluding carboxylic acids is 2. The monoisotopic (exact) mass is 422 g/mol. The largest absolute Gasteiger partial charge is 0.326 e. The summed E-state index contributed by atoms with van der Waals surface area (Å²) in [7, 11) is 0. The van der Waals surface area contributed by atoms with E-state index in [0.717, 1.165) is 22.6 Å². The average molecular weight is 423 g/mol. The molecule has 0 radical (unpaired) electrons. The highest BCUT2D eigenvalue weighted by Crippen LogP contribution is 2.26. The van der Waals surface area contributed by atoms with E-state index < -0.39 is 0 Å². The predicted octanol–water partition coefficient (Wildman–Crippen LogP) is 5.14. The lowest BCUT2D eigenvalue weighted by molar-refractivity contribution is -0.116. The molecule has 0 saturated heterocycles. The smallest absolute Gasteiger partial charge is 0.248 e. The molecule has 30 heavy (non-hydrogen) atoms. The Balaban J connectivity index is 1.77. The van der Waals surface area contributed by atoms with Crippen LogP contribution in [0.4, 0.5) is 11.4 Å². The van der Waals surface area contributed by atoms with E-state index in [0.29, 0.717) is 22.8 Å². The van der Waals surface area contributed by atoms with Crippen molar-refractivity contribution in [2.75, 3.05) is 10.6 Å². The second-order valence-corrected chi connectivity index (χ2v) is 7.16. The van der Waals surface area contributed by atoms with E-state index in [1.807, 2.05) is 48.9 Å². The number of para-hydroxylation sites is 1. The normalized spacial score (nSPS) is 10.9. The van der Waals surface area contributed by atoms with Gasteiger partial charge in [0.15, 0.2) is 0 Å². The number of nitrogens with one attached hydrogen (secondary N) is 2. The Bertz CT molecular complexity index is 1100. The zero-order valence-electron chi connectivity index (χ0n) is 17.1. The number of rotatable bonds is 6. The average Bonchev–Trinajstić information content (AvgIpc) is 3.03. The summed E-state index contributed by atoms with van der Waals surface area (Å²) in [6, 6.07) is 14.8. The molecule has 154 valence electrons. The standard InChI is InChI=1S/C23H23ClN4O2/c1-4-22(29)25-17-10-12-20(24)21(14-17)26-23(30)13-11-19-15(2)27-28(16(19)3)18-8-6-5-7-9-18/h5-14H,4H2,1-3H3,(H,25,29)(H,26,30)/b13-11+. The van der Waals surface area contributed by atoms with Crippen LogP contribution in [0.15, 0.2) is 54.6 Å². The van der Waals surface area contributed by atoms with E-state index in [1.54, 1.807) is 31.2 Å². The van der Waals surface area contributed by atoms with E-state index in [2.05, 4.69) is 15.7 Å². The number of hydrogen-bond acceptors (Lipinski definition) is 3. The number of aryl methyl sites for hydroxylation is 1. The molecular weight excluding hydrogens is 400 g/mol. The van der Waals surface area contributed by atoms with E-state index in [4.69, 9.17) is 11.6 Å². The van der Waals surface area contributed by atoms with Crippen LogP contribution in [0.5, 0.6) is 0 Å². The third-order valence-corrected chi connectivity index (χ3v) is 4.91. The molecule has 7 heteroatoms. The molecule has 2 aromatic carbocycles. The molecule has 3 aromatic rings. The van der Waals surface area contributed by atoms with E-state index in [1.165, 1.54) is 6.08 Å². The summed E-state index contributed by atoms with van der Waals surface area (Å²) in [5.41, 5.74) is 4.59. The van der Waals surface area contributed by atoms with Crippen LogP contribution < -0.4 is 10.6 Å². The molecule has 0 atom stereocenters. The quantitative estimate of drug-likeness (QED) is 0.540. The van der Waals surface area contributed by atoms with Crippen LogP contribution in [0.25, 0.3) is 11.8 Å². The number of carbonyl (C=O) groups is 2. The van der Waals surface area contributed by atoms with Gasteiger partial charge in [-0.05, 0) is 50.3 Å². The summed E-state index contributed by atoms with van der Waals surface area (Å²) < 4.78 is 1.85. The minimum atomic E-state index is -0.331. The van der Waals surface area contributed by atoms with Crippen molar-refractivity contribution in [2.24, 2.45) is 0 Å². The molecule has 0 bridgehead atoms. The Morgan fingerprint density at radius 2 is 1.83 bits per heavy atom. The van der Waals surface area contributed by atoms with Crippen LogP contribution in [-0.4, -0.2) is 21.6 Å². The first-order valence-electron chi connectivity index (χ1n) is 9.59. The van der Waals surface area contributed by atoms with E-state index in [-0.39, 0.29) is 11.8 Å². The Morgan fingerprint density at radius 1 is 1.10 bits per heavy atom. The molecule has 0 spiro atoms. The van der Waals surface area contributed by atoms with Crippen molar-refractivity contribution in [3.8, 4) is 5.69 Å². The maximum atomic E-state index is 12.5. The lowest BCUT2D eigenvalue weighted by atomic mass is 10.2.